The van der Waals surface area contributed by atoms with Crippen molar-refractivity contribution in [2.24, 2.45) is 0 Å². The van der Waals surface area contributed by atoms with Gasteiger partial charge in [0.2, 0.25) is 0 Å². The summed E-state index contributed by atoms with van der Waals surface area (Å²) in [7, 11) is 0. The van der Waals surface area contributed by atoms with Crippen molar-refractivity contribution in [2.45, 2.75) is 26.4 Å². The summed E-state index contributed by atoms with van der Waals surface area (Å²) in [6, 6.07) is 19.6. The summed E-state index contributed by atoms with van der Waals surface area (Å²) in [5.74, 6) is -0.852. The van der Waals surface area contributed by atoms with E-state index in [1.165, 1.54) is 0 Å². The van der Waals surface area contributed by atoms with Crippen LogP contribution in [-0.2, 0) is 16.1 Å². The molecule has 3 heteroatoms. The molecule has 0 heterocycles. The third-order valence-electron chi connectivity index (χ3n) is 3.74. The zero-order chi connectivity index (χ0) is 16.5. The first-order valence-electron chi connectivity index (χ1n) is 7.78. The van der Waals surface area contributed by atoms with Crippen LogP contribution < -0.4 is 0 Å². The van der Waals surface area contributed by atoms with Crippen LogP contribution in [0.5, 0.6) is 0 Å². The molecule has 120 valence electrons. The van der Waals surface area contributed by atoms with Gasteiger partial charge in [-0.15, -0.1) is 0 Å². The van der Waals surface area contributed by atoms with Crippen LogP contribution in [0.15, 0.2) is 66.2 Å². The fourth-order valence-corrected chi connectivity index (χ4v) is 2.43. The Bertz CT molecular complexity index is 645. The van der Waals surface area contributed by atoms with E-state index in [0.717, 1.165) is 16.7 Å². The van der Waals surface area contributed by atoms with E-state index in [-0.39, 0.29) is 0 Å². The largest absolute Gasteiger partial charge is 0.478 e. The van der Waals surface area contributed by atoms with Crippen LogP contribution in [0.2, 0.25) is 0 Å². The van der Waals surface area contributed by atoms with Crippen molar-refractivity contribution >= 4 is 11.5 Å². The Hall–Kier alpha value is -2.39. The van der Waals surface area contributed by atoms with Crippen LogP contribution >= 0.6 is 0 Å². The molecule has 2 aromatic rings. The van der Waals surface area contributed by atoms with Crippen LogP contribution in [0.3, 0.4) is 0 Å². The summed E-state index contributed by atoms with van der Waals surface area (Å²) in [4.78, 5) is 11.5. The molecule has 0 bridgehead atoms. The van der Waals surface area contributed by atoms with Crippen molar-refractivity contribution in [3.05, 3.63) is 77.4 Å². The molecule has 1 N–H and O–H groups in total. The Morgan fingerprint density at radius 2 is 1.61 bits per heavy atom. The second-order valence-electron chi connectivity index (χ2n) is 5.42. The van der Waals surface area contributed by atoms with Gasteiger partial charge in [-0.2, -0.15) is 0 Å². The molecule has 0 spiro atoms. The third kappa shape index (κ3) is 5.38. The second-order valence-corrected chi connectivity index (χ2v) is 5.42. The lowest BCUT2D eigenvalue weighted by atomic mass is 9.98. The van der Waals surface area contributed by atoms with Gasteiger partial charge in [-0.1, -0.05) is 60.7 Å². The predicted octanol–water partition coefficient (Wildman–Crippen LogP) is 4.54. The van der Waals surface area contributed by atoms with Gasteiger partial charge in [0.25, 0.3) is 0 Å². The smallest absolute Gasteiger partial charge is 0.331 e. The number of allylic oxidation sites excluding steroid dienone is 1. The van der Waals surface area contributed by atoms with Crippen molar-refractivity contribution in [1.82, 2.24) is 0 Å². The minimum atomic E-state index is -0.852. The van der Waals surface area contributed by atoms with Crippen LogP contribution in [0, 0.1) is 0 Å². The molecule has 0 aromatic heterocycles. The van der Waals surface area contributed by atoms with E-state index in [0.29, 0.717) is 31.6 Å². The summed E-state index contributed by atoms with van der Waals surface area (Å²) in [5.41, 5.74) is 3.36. The fourth-order valence-electron chi connectivity index (χ4n) is 2.43. The first-order valence-corrected chi connectivity index (χ1v) is 7.78. The highest BCUT2D eigenvalue weighted by Gasteiger charge is 2.12. The number of aliphatic carboxylic acids is 1. The van der Waals surface area contributed by atoms with E-state index in [1.807, 2.05) is 67.6 Å². The Balaban J connectivity index is 1.87. The highest BCUT2D eigenvalue weighted by molar-refractivity contribution is 5.95. The molecule has 0 atom stereocenters. The maximum absolute atomic E-state index is 11.5. The number of carbonyl (C=O) groups is 1. The number of carboxylic acid groups (broad SMARTS) is 1. The zero-order valence-corrected chi connectivity index (χ0v) is 13.4. The molecule has 0 aliphatic rings. The van der Waals surface area contributed by atoms with E-state index in [2.05, 4.69) is 0 Å². The van der Waals surface area contributed by atoms with E-state index in [4.69, 9.17) is 4.74 Å². The molecule has 2 rings (SSSR count). The summed E-state index contributed by atoms with van der Waals surface area (Å²) < 4.78 is 5.62. The SMILES string of the molecule is C/C(=C(/CCCOCc1ccccc1)C(=O)O)c1ccccc1. The monoisotopic (exact) mass is 310 g/mol. The molecule has 0 radical (unpaired) electrons. The standard InChI is InChI=1S/C20H22O3/c1-16(18-11-6-3-7-12-18)19(20(21)22)13-8-14-23-15-17-9-4-2-5-10-17/h2-7,9-12H,8,13-15H2,1H3,(H,21,22)/b19-16+. The van der Waals surface area contributed by atoms with Gasteiger partial charge in [-0.3, -0.25) is 0 Å². The molecule has 0 fully saturated rings. The maximum atomic E-state index is 11.5. The summed E-state index contributed by atoms with van der Waals surface area (Å²) in [5, 5.41) is 9.44. The van der Waals surface area contributed by atoms with Gasteiger partial charge in [-0.05, 0) is 36.5 Å². The number of hydrogen-bond acceptors (Lipinski definition) is 2. The lowest BCUT2D eigenvalue weighted by molar-refractivity contribution is -0.132. The van der Waals surface area contributed by atoms with Gasteiger partial charge in [0.1, 0.15) is 0 Å². The molecule has 2 aromatic carbocycles. The molecular weight excluding hydrogens is 288 g/mol. The van der Waals surface area contributed by atoms with Gasteiger partial charge >= 0.3 is 5.97 Å². The zero-order valence-electron chi connectivity index (χ0n) is 13.4. The first kappa shape index (κ1) is 17.0. The van der Waals surface area contributed by atoms with Gasteiger partial charge in [0.15, 0.2) is 0 Å². The van der Waals surface area contributed by atoms with Crippen LogP contribution in [0.4, 0.5) is 0 Å². The highest BCUT2D eigenvalue weighted by Crippen LogP contribution is 2.21. The number of hydrogen-bond donors (Lipinski definition) is 1. The number of carboxylic acids is 1. The Morgan fingerprint density at radius 1 is 1.00 bits per heavy atom. The lowest BCUT2D eigenvalue weighted by Crippen LogP contribution is -2.05. The average molecular weight is 310 g/mol. The first-order chi connectivity index (χ1) is 11.2. The van der Waals surface area contributed by atoms with E-state index < -0.39 is 5.97 Å². The normalized spacial score (nSPS) is 11.9. The van der Waals surface area contributed by atoms with Crippen LogP contribution in [0.1, 0.15) is 30.9 Å². The molecular formula is C20H22O3. The van der Waals surface area contributed by atoms with Gasteiger partial charge in [0.05, 0.1) is 6.61 Å². The number of rotatable bonds is 8. The highest BCUT2D eigenvalue weighted by atomic mass is 16.5. The minimum absolute atomic E-state index is 0.458. The summed E-state index contributed by atoms with van der Waals surface area (Å²) in [6.45, 7) is 2.97. The van der Waals surface area contributed by atoms with Gasteiger partial charge in [-0.25, -0.2) is 4.79 Å². The number of ether oxygens (including phenoxy) is 1. The summed E-state index contributed by atoms with van der Waals surface area (Å²) >= 11 is 0. The third-order valence-corrected chi connectivity index (χ3v) is 3.74. The Labute approximate surface area is 137 Å². The van der Waals surface area contributed by atoms with E-state index in [1.54, 1.807) is 0 Å². The van der Waals surface area contributed by atoms with Gasteiger partial charge < -0.3 is 9.84 Å². The fraction of sp³-hybridized carbons (Fsp3) is 0.250. The summed E-state index contributed by atoms with van der Waals surface area (Å²) in [6.07, 6.45) is 1.20. The van der Waals surface area contributed by atoms with Gasteiger partial charge in [0, 0.05) is 12.2 Å². The van der Waals surface area contributed by atoms with Crippen LogP contribution in [0.25, 0.3) is 5.57 Å². The number of benzene rings is 2. The molecule has 3 nitrogen and oxygen atoms in total. The molecule has 0 aliphatic heterocycles. The predicted molar refractivity (Wildman–Crippen MR) is 92.0 cm³/mol. The minimum Gasteiger partial charge on any atom is -0.478 e. The Kier molecular flexibility index (Phi) is 6.57. The van der Waals surface area contributed by atoms with Crippen molar-refractivity contribution in [2.75, 3.05) is 6.61 Å². The molecule has 0 aliphatic carbocycles. The maximum Gasteiger partial charge on any atom is 0.331 e. The molecule has 0 saturated carbocycles. The van der Waals surface area contributed by atoms with Crippen molar-refractivity contribution < 1.29 is 14.6 Å². The van der Waals surface area contributed by atoms with Crippen molar-refractivity contribution in [1.29, 1.82) is 0 Å². The molecule has 0 unspecified atom stereocenters. The molecule has 0 saturated heterocycles. The Morgan fingerprint density at radius 3 is 2.22 bits per heavy atom. The quantitative estimate of drug-likeness (QED) is 0.575. The molecule has 23 heavy (non-hydrogen) atoms. The van der Waals surface area contributed by atoms with E-state index >= 15 is 0 Å². The van der Waals surface area contributed by atoms with E-state index in [9.17, 15) is 9.90 Å². The average Bonchev–Trinajstić information content (AvgIpc) is 2.59. The van der Waals surface area contributed by atoms with Crippen LogP contribution in [-0.4, -0.2) is 17.7 Å². The van der Waals surface area contributed by atoms with Crippen molar-refractivity contribution in [3.63, 3.8) is 0 Å². The topological polar surface area (TPSA) is 46.5 Å². The van der Waals surface area contributed by atoms with Crippen molar-refractivity contribution in [3.8, 4) is 0 Å². The second kappa shape index (κ2) is 8.91. The lowest BCUT2D eigenvalue weighted by Gasteiger charge is -2.09. The molecule has 0 amide bonds.